The highest BCUT2D eigenvalue weighted by molar-refractivity contribution is 6.09. The summed E-state index contributed by atoms with van der Waals surface area (Å²) in [6.07, 6.45) is 0. The molecule has 3 N–H and O–H groups in total. The van der Waals surface area contributed by atoms with Gasteiger partial charge in [-0.1, -0.05) is 30.3 Å². The van der Waals surface area contributed by atoms with E-state index in [1.165, 1.54) is 6.92 Å². The van der Waals surface area contributed by atoms with E-state index in [1.54, 1.807) is 38.1 Å². The van der Waals surface area contributed by atoms with Gasteiger partial charge in [-0.2, -0.15) is 0 Å². The van der Waals surface area contributed by atoms with Crippen LogP contribution in [0.4, 0.5) is 11.4 Å². The molecule has 0 saturated heterocycles. The third-order valence-corrected chi connectivity index (χ3v) is 3.89. The molecule has 6 nitrogen and oxygen atoms in total. The smallest absolute Gasteiger partial charge is 0.239 e. The van der Waals surface area contributed by atoms with Crippen molar-refractivity contribution in [3.05, 3.63) is 60.2 Å². The van der Waals surface area contributed by atoms with Gasteiger partial charge >= 0.3 is 0 Å². The lowest BCUT2D eigenvalue weighted by Crippen LogP contribution is -2.44. The number of rotatable bonds is 6. The van der Waals surface area contributed by atoms with E-state index in [2.05, 4.69) is 16.0 Å². The van der Waals surface area contributed by atoms with Gasteiger partial charge in [0.15, 0.2) is 0 Å². The first-order valence-electron chi connectivity index (χ1n) is 8.30. The van der Waals surface area contributed by atoms with Gasteiger partial charge in [-0.15, -0.1) is 0 Å². The minimum atomic E-state index is -1.23. The summed E-state index contributed by atoms with van der Waals surface area (Å²) in [5, 5.41) is 8.17. The third kappa shape index (κ3) is 5.17. The summed E-state index contributed by atoms with van der Waals surface area (Å²) in [6, 6.07) is 16.2. The van der Waals surface area contributed by atoms with Gasteiger partial charge < -0.3 is 16.0 Å². The number of carbonyl (C=O) groups is 3. The molecule has 0 unspecified atom stereocenters. The summed E-state index contributed by atoms with van der Waals surface area (Å²) in [5.74, 6) is -0.929. The van der Waals surface area contributed by atoms with Crippen molar-refractivity contribution in [2.24, 2.45) is 5.41 Å². The molecule has 3 amide bonds. The number of carbonyl (C=O) groups excluding carboxylic acids is 3. The molecule has 0 atom stereocenters. The van der Waals surface area contributed by atoms with Crippen LogP contribution in [0.5, 0.6) is 0 Å². The molecule has 0 saturated carbocycles. The average Bonchev–Trinajstić information content (AvgIpc) is 2.61. The summed E-state index contributed by atoms with van der Waals surface area (Å²) in [5.41, 5.74) is 0.916. The van der Waals surface area contributed by atoms with Gasteiger partial charge in [-0.05, 0) is 43.7 Å². The van der Waals surface area contributed by atoms with Crippen LogP contribution >= 0.6 is 0 Å². The van der Waals surface area contributed by atoms with Crippen LogP contribution in [-0.4, -0.2) is 17.7 Å². The third-order valence-electron chi connectivity index (χ3n) is 3.89. The van der Waals surface area contributed by atoms with E-state index in [9.17, 15) is 14.4 Å². The Labute approximate surface area is 153 Å². The number of nitrogens with one attached hydrogen (secondary N) is 3. The highest BCUT2D eigenvalue weighted by atomic mass is 16.2. The normalized spacial score (nSPS) is 10.7. The van der Waals surface area contributed by atoms with E-state index in [1.807, 2.05) is 30.3 Å². The lowest BCUT2D eigenvalue weighted by molar-refractivity contribution is -0.138. The zero-order chi connectivity index (χ0) is 19.2. The van der Waals surface area contributed by atoms with E-state index < -0.39 is 11.3 Å². The molecule has 6 heteroatoms. The number of amides is 3. The molecule has 0 fully saturated rings. The molecular formula is C20H23N3O3. The second-order valence-electron chi connectivity index (χ2n) is 6.51. The standard InChI is InChI=1S/C20H23N3O3/c1-14(24)22-16-9-11-17(12-10-16)23-19(26)20(2,3)18(25)21-13-15-7-5-4-6-8-15/h4-12H,13H2,1-3H3,(H,21,25)(H,22,24)(H,23,26). The van der Waals surface area contributed by atoms with E-state index in [-0.39, 0.29) is 11.8 Å². The Bertz CT molecular complexity index is 784. The zero-order valence-corrected chi connectivity index (χ0v) is 15.1. The molecule has 0 spiro atoms. The molecule has 0 aliphatic heterocycles. The topological polar surface area (TPSA) is 87.3 Å². The van der Waals surface area contributed by atoms with E-state index in [0.29, 0.717) is 17.9 Å². The number of hydrogen-bond donors (Lipinski definition) is 3. The van der Waals surface area contributed by atoms with Crippen molar-refractivity contribution in [3.8, 4) is 0 Å². The Balaban J connectivity index is 1.95. The van der Waals surface area contributed by atoms with Crippen molar-refractivity contribution in [3.63, 3.8) is 0 Å². The van der Waals surface area contributed by atoms with Crippen LogP contribution in [0.15, 0.2) is 54.6 Å². The zero-order valence-electron chi connectivity index (χ0n) is 15.1. The number of hydrogen-bond acceptors (Lipinski definition) is 3. The predicted molar refractivity (Wildman–Crippen MR) is 101 cm³/mol. The van der Waals surface area contributed by atoms with Crippen molar-refractivity contribution in [2.45, 2.75) is 27.3 Å². The first-order valence-corrected chi connectivity index (χ1v) is 8.30. The van der Waals surface area contributed by atoms with Crippen LogP contribution in [-0.2, 0) is 20.9 Å². The van der Waals surface area contributed by atoms with Gasteiger partial charge in [0.2, 0.25) is 17.7 Å². The fourth-order valence-corrected chi connectivity index (χ4v) is 2.23. The fourth-order valence-electron chi connectivity index (χ4n) is 2.23. The van der Waals surface area contributed by atoms with Gasteiger partial charge in [-0.25, -0.2) is 0 Å². The van der Waals surface area contributed by atoms with Gasteiger partial charge in [-0.3, -0.25) is 14.4 Å². The minimum absolute atomic E-state index is 0.169. The van der Waals surface area contributed by atoms with Crippen molar-refractivity contribution < 1.29 is 14.4 Å². The summed E-state index contributed by atoms with van der Waals surface area (Å²) >= 11 is 0. The van der Waals surface area contributed by atoms with Crippen molar-refractivity contribution >= 4 is 29.1 Å². The maximum Gasteiger partial charge on any atom is 0.239 e. The van der Waals surface area contributed by atoms with Crippen LogP contribution in [0.1, 0.15) is 26.3 Å². The Kier molecular flexibility index (Phi) is 6.11. The Morgan fingerprint density at radius 2 is 1.35 bits per heavy atom. The van der Waals surface area contributed by atoms with Gasteiger partial charge in [0.25, 0.3) is 0 Å². The summed E-state index contributed by atoms with van der Waals surface area (Å²) in [6.45, 7) is 4.94. The molecule has 2 aromatic rings. The molecule has 0 radical (unpaired) electrons. The number of anilines is 2. The molecule has 0 aliphatic rings. The van der Waals surface area contributed by atoms with E-state index in [0.717, 1.165) is 5.56 Å². The second kappa shape index (κ2) is 8.29. The van der Waals surface area contributed by atoms with E-state index in [4.69, 9.17) is 0 Å². The lowest BCUT2D eigenvalue weighted by atomic mass is 9.90. The molecular weight excluding hydrogens is 330 g/mol. The molecule has 2 rings (SSSR count). The number of benzene rings is 2. The summed E-state index contributed by atoms with van der Waals surface area (Å²) in [4.78, 5) is 36.0. The Morgan fingerprint density at radius 1 is 0.808 bits per heavy atom. The molecule has 0 aliphatic carbocycles. The van der Waals surface area contributed by atoms with Crippen LogP contribution in [0.3, 0.4) is 0 Å². The largest absolute Gasteiger partial charge is 0.351 e. The van der Waals surface area contributed by atoms with Crippen LogP contribution in [0, 0.1) is 5.41 Å². The predicted octanol–water partition coefficient (Wildman–Crippen LogP) is 2.93. The summed E-state index contributed by atoms with van der Waals surface area (Å²) in [7, 11) is 0. The van der Waals surface area contributed by atoms with Crippen molar-refractivity contribution in [1.82, 2.24) is 5.32 Å². The van der Waals surface area contributed by atoms with Crippen LogP contribution < -0.4 is 16.0 Å². The molecule has 2 aromatic carbocycles. The van der Waals surface area contributed by atoms with Gasteiger partial charge in [0.1, 0.15) is 5.41 Å². The van der Waals surface area contributed by atoms with Crippen molar-refractivity contribution in [1.29, 1.82) is 0 Å². The van der Waals surface area contributed by atoms with Crippen molar-refractivity contribution in [2.75, 3.05) is 10.6 Å². The molecule has 0 heterocycles. The van der Waals surface area contributed by atoms with Gasteiger partial charge in [0, 0.05) is 24.8 Å². The van der Waals surface area contributed by atoms with Gasteiger partial charge in [0.05, 0.1) is 0 Å². The maximum atomic E-state index is 12.5. The molecule has 26 heavy (non-hydrogen) atoms. The van der Waals surface area contributed by atoms with E-state index >= 15 is 0 Å². The Hall–Kier alpha value is -3.15. The first kappa shape index (κ1) is 19.2. The van der Waals surface area contributed by atoms with Crippen LogP contribution in [0.25, 0.3) is 0 Å². The SMILES string of the molecule is CC(=O)Nc1ccc(NC(=O)C(C)(C)C(=O)NCc2ccccc2)cc1. The summed E-state index contributed by atoms with van der Waals surface area (Å²) < 4.78 is 0. The Morgan fingerprint density at radius 3 is 1.88 bits per heavy atom. The lowest BCUT2D eigenvalue weighted by Gasteiger charge is -2.23. The molecule has 0 aromatic heterocycles. The first-order chi connectivity index (χ1) is 12.3. The highest BCUT2D eigenvalue weighted by Crippen LogP contribution is 2.20. The quantitative estimate of drug-likeness (QED) is 0.698. The maximum absolute atomic E-state index is 12.5. The average molecular weight is 353 g/mol. The monoisotopic (exact) mass is 353 g/mol. The molecule has 0 bridgehead atoms. The minimum Gasteiger partial charge on any atom is -0.351 e. The van der Waals surface area contributed by atoms with Crippen LogP contribution in [0.2, 0.25) is 0 Å². The second-order valence-corrected chi connectivity index (χ2v) is 6.51. The fraction of sp³-hybridized carbons (Fsp3) is 0.250. The molecule has 136 valence electrons. The highest BCUT2D eigenvalue weighted by Gasteiger charge is 2.35.